The maximum atomic E-state index is 11.1. The molecule has 1 saturated heterocycles. The molecule has 2 aliphatic heterocycles. The van der Waals surface area contributed by atoms with E-state index in [-0.39, 0.29) is 13.1 Å². The lowest BCUT2D eigenvalue weighted by molar-refractivity contribution is -0.117. The highest BCUT2D eigenvalue weighted by molar-refractivity contribution is 7.72. The zero-order valence-electron chi connectivity index (χ0n) is 5.92. The number of hydrogen-bond donors (Lipinski definition) is 0. The third-order valence-electron chi connectivity index (χ3n) is 2.36. The molecule has 10 heavy (non-hydrogen) atoms. The second kappa shape index (κ2) is 1.60. The van der Waals surface area contributed by atoms with Crippen LogP contribution in [0.3, 0.4) is 0 Å². The number of allylic oxidation sites excluding steroid dienone is 2. The third-order valence-corrected chi connectivity index (χ3v) is 5.04. The Hall–Kier alpha value is -0.420. The summed E-state index contributed by atoms with van der Waals surface area (Å²) in [4.78, 5) is 11.1. The second-order valence-corrected chi connectivity index (χ2v) is 5.20. The van der Waals surface area contributed by atoms with Gasteiger partial charge in [-0.1, -0.05) is 26.4 Å². The fourth-order valence-corrected chi connectivity index (χ4v) is 4.20. The van der Waals surface area contributed by atoms with E-state index in [1.807, 2.05) is 6.08 Å². The third kappa shape index (κ3) is 0.502. The number of ketones is 1. The van der Waals surface area contributed by atoms with E-state index in [9.17, 15) is 4.79 Å². The van der Waals surface area contributed by atoms with Crippen molar-refractivity contribution in [3.05, 3.63) is 24.0 Å². The van der Waals surface area contributed by atoms with Crippen LogP contribution < -0.4 is 0 Å². The SMILES string of the molecule is C=C1C=CP2CC12C(C)=O. The van der Waals surface area contributed by atoms with Gasteiger partial charge in [-0.2, -0.15) is 0 Å². The molecule has 2 aliphatic rings. The van der Waals surface area contributed by atoms with E-state index in [0.717, 1.165) is 11.7 Å². The number of hydrogen-bond acceptors (Lipinski definition) is 1. The van der Waals surface area contributed by atoms with Crippen LogP contribution in [0, 0.1) is 0 Å². The van der Waals surface area contributed by atoms with Gasteiger partial charge < -0.3 is 0 Å². The Bertz CT molecular complexity index is 254. The van der Waals surface area contributed by atoms with Crippen LogP contribution in [0.15, 0.2) is 24.0 Å². The van der Waals surface area contributed by atoms with E-state index in [2.05, 4.69) is 12.4 Å². The van der Waals surface area contributed by atoms with E-state index in [0.29, 0.717) is 5.78 Å². The van der Waals surface area contributed by atoms with Gasteiger partial charge in [0, 0.05) is 0 Å². The molecule has 0 radical (unpaired) electrons. The summed E-state index contributed by atoms with van der Waals surface area (Å²) >= 11 is 0. The minimum absolute atomic E-state index is 0.0602. The first-order valence-electron chi connectivity index (χ1n) is 3.33. The van der Waals surface area contributed by atoms with Crippen molar-refractivity contribution in [3.8, 4) is 0 Å². The minimum Gasteiger partial charge on any atom is -0.299 e. The summed E-state index contributed by atoms with van der Waals surface area (Å²) in [5.41, 5.74) is 1.05. The topological polar surface area (TPSA) is 17.1 Å². The first-order valence-corrected chi connectivity index (χ1v) is 4.93. The van der Waals surface area contributed by atoms with Crippen molar-refractivity contribution in [1.29, 1.82) is 0 Å². The Kier molecular flexibility index (Phi) is 1.00. The van der Waals surface area contributed by atoms with Crippen LogP contribution in [0.4, 0.5) is 0 Å². The Balaban J connectivity index is 2.39. The van der Waals surface area contributed by atoms with Crippen molar-refractivity contribution in [2.75, 3.05) is 6.16 Å². The quantitative estimate of drug-likeness (QED) is 0.524. The molecule has 0 aliphatic carbocycles. The maximum absolute atomic E-state index is 11.1. The van der Waals surface area contributed by atoms with Gasteiger partial charge >= 0.3 is 0 Å². The predicted octanol–water partition coefficient (Wildman–Crippen LogP) is 1.89. The van der Waals surface area contributed by atoms with Crippen LogP contribution in [-0.4, -0.2) is 17.1 Å². The summed E-state index contributed by atoms with van der Waals surface area (Å²) in [5.74, 6) is 2.48. The summed E-state index contributed by atoms with van der Waals surface area (Å²) < 4.78 is 0. The van der Waals surface area contributed by atoms with Crippen LogP contribution in [0.2, 0.25) is 0 Å². The maximum Gasteiger partial charge on any atom is 0.145 e. The van der Waals surface area contributed by atoms with Crippen molar-refractivity contribution < 1.29 is 4.79 Å². The average Bonchev–Trinajstić information content (AvgIpc) is 2.52. The van der Waals surface area contributed by atoms with Gasteiger partial charge in [0.15, 0.2) is 0 Å². The van der Waals surface area contributed by atoms with Crippen molar-refractivity contribution in [3.63, 3.8) is 0 Å². The van der Waals surface area contributed by atoms with E-state index in [4.69, 9.17) is 0 Å². The first-order chi connectivity index (χ1) is 4.68. The van der Waals surface area contributed by atoms with Gasteiger partial charge in [0.1, 0.15) is 5.78 Å². The van der Waals surface area contributed by atoms with Gasteiger partial charge in [0.05, 0.1) is 5.16 Å². The van der Waals surface area contributed by atoms with Crippen molar-refractivity contribution in [2.45, 2.75) is 12.1 Å². The second-order valence-electron chi connectivity index (χ2n) is 2.89. The molecule has 0 spiro atoms. The van der Waals surface area contributed by atoms with E-state index in [1.165, 1.54) is 0 Å². The van der Waals surface area contributed by atoms with Crippen molar-refractivity contribution in [1.82, 2.24) is 0 Å². The van der Waals surface area contributed by atoms with Gasteiger partial charge in [-0.3, -0.25) is 4.79 Å². The highest BCUT2D eigenvalue weighted by Gasteiger charge is 2.60. The van der Waals surface area contributed by atoms with Gasteiger partial charge in [0.2, 0.25) is 0 Å². The van der Waals surface area contributed by atoms with Crippen LogP contribution >= 0.6 is 7.92 Å². The van der Waals surface area contributed by atoms with Gasteiger partial charge in [-0.05, 0) is 18.7 Å². The van der Waals surface area contributed by atoms with Crippen LogP contribution in [0.1, 0.15) is 6.92 Å². The summed E-state index contributed by atoms with van der Waals surface area (Å²) in [5, 5.41) is -0.0602. The van der Waals surface area contributed by atoms with E-state index in [1.54, 1.807) is 6.92 Å². The highest BCUT2D eigenvalue weighted by atomic mass is 31.1. The fourth-order valence-electron chi connectivity index (χ4n) is 1.53. The number of Topliss-reactive ketones (excluding diaryl/α,β-unsaturated/α-hetero) is 1. The molecule has 2 atom stereocenters. The molecule has 2 heterocycles. The summed E-state index contributed by atoms with van der Waals surface area (Å²) in [7, 11) is -0.0910. The predicted molar refractivity (Wildman–Crippen MR) is 43.5 cm³/mol. The highest BCUT2D eigenvalue weighted by Crippen LogP contribution is 2.76. The number of rotatable bonds is 1. The molecule has 0 aromatic heterocycles. The zero-order chi connectivity index (χ0) is 7.35. The molecule has 0 N–H and O–H groups in total. The normalized spacial score (nSPS) is 41.7. The molecule has 2 rings (SSSR count). The lowest BCUT2D eigenvalue weighted by Crippen LogP contribution is -2.19. The Labute approximate surface area is 61.6 Å². The monoisotopic (exact) mass is 152 g/mol. The van der Waals surface area contributed by atoms with E-state index >= 15 is 0 Å². The van der Waals surface area contributed by atoms with Crippen LogP contribution in [0.5, 0.6) is 0 Å². The molecule has 2 heteroatoms. The summed E-state index contributed by atoms with van der Waals surface area (Å²) in [6.45, 7) is 5.56. The van der Waals surface area contributed by atoms with Crippen molar-refractivity contribution in [2.24, 2.45) is 0 Å². The molecule has 0 bridgehead atoms. The van der Waals surface area contributed by atoms with Gasteiger partial charge in [-0.25, -0.2) is 0 Å². The molecule has 0 saturated carbocycles. The Morgan fingerprint density at radius 3 is 2.80 bits per heavy atom. The summed E-state index contributed by atoms with van der Waals surface area (Å²) in [6.07, 6.45) is 3.09. The van der Waals surface area contributed by atoms with Crippen LogP contribution in [-0.2, 0) is 4.79 Å². The molecule has 1 nitrogen and oxygen atoms in total. The molecule has 0 aromatic carbocycles. The summed E-state index contributed by atoms with van der Waals surface area (Å²) in [6, 6.07) is 0. The fraction of sp³-hybridized carbons (Fsp3) is 0.375. The number of fused-ring (bicyclic) bond motifs is 1. The molecule has 1 fully saturated rings. The number of carbonyl (C=O) groups is 1. The van der Waals surface area contributed by atoms with Crippen LogP contribution in [0.25, 0.3) is 0 Å². The smallest absolute Gasteiger partial charge is 0.145 e. The standard InChI is InChI=1S/C8H9OP/c1-6-3-4-10-5-8(6,10)7(2)9/h3-4H,1,5H2,2H3. The molecule has 2 unspecified atom stereocenters. The molecule has 0 amide bonds. The van der Waals surface area contributed by atoms with Gasteiger partial charge in [-0.15, -0.1) is 0 Å². The first kappa shape index (κ1) is 6.30. The Morgan fingerprint density at radius 1 is 1.90 bits per heavy atom. The largest absolute Gasteiger partial charge is 0.299 e. The molecular weight excluding hydrogens is 143 g/mol. The van der Waals surface area contributed by atoms with Gasteiger partial charge in [0.25, 0.3) is 0 Å². The molecule has 52 valence electrons. The molecule has 0 aromatic rings. The number of carbonyl (C=O) groups excluding carboxylic acids is 1. The lowest BCUT2D eigenvalue weighted by Gasteiger charge is -2.06. The average molecular weight is 152 g/mol. The zero-order valence-corrected chi connectivity index (χ0v) is 6.82. The lowest BCUT2D eigenvalue weighted by atomic mass is 9.99. The Morgan fingerprint density at radius 2 is 2.60 bits per heavy atom. The van der Waals surface area contributed by atoms with Crippen molar-refractivity contribution >= 4 is 13.7 Å². The molecular formula is C8H9OP. The minimum atomic E-state index is -0.0910. The van der Waals surface area contributed by atoms with E-state index < -0.39 is 0 Å².